The molecule has 3 aromatic rings. The zero-order valence-electron chi connectivity index (χ0n) is 18.1. The molecule has 0 radical (unpaired) electrons. The number of para-hydroxylation sites is 1. The van der Waals surface area contributed by atoms with Crippen molar-refractivity contribution in [1.29, 1.82) is 0 Å². The summed E-state index contributed by atoms with van der Waals surface area (Å²) in [6.45, 7) is 3.31. The van der Waals surface area contributed by atoms with Gasteiger partial charge in [-0.2, -0.15) is 0 Å². The zero-order chi connectivity index (χ0) is 24.0. The molecule has 0 unspecified atom stereocenters. The number of rotatable bonds is 8. The Morgan fingerprint density at radius 1 is 1.00 bits per heavy atom. The number of ether oxygens (including phenoxy) is 1. The molecular weight excluding hydrogens is 447 g/mol. The van der Waals surface area contributed by atoms with E-state index in [0.717, 1.165) is 35.7 Å². The summed E-state index contributed by atoms with van der Waals surface area (Å²) in [5.74, 6) is -1.85. The van der Waals surface area contributed by atoms with E-state index < -0.39 is 34.3 Å². The van der Waals surface area contributed by atoms with Gasteiger partial charge in [0, 0.05) is 11.4 Å². The highest BCUT2D eigenvalue weighted by Crippen LogP contribution is 2.21. The summed E-state index contributed by atoms with van der Waals surface area (Å²) in [5, 5.41) is 2.75. The fraction of sp³-hybridized carbons (Fsp3) is 0.167. The van der Waals surface area contributed by atoms with Crippen LogP contribution in [0.3, 0.4) is 0 Å². The van der Waals surface area contributed by atoms with E-state index in [0.29, 0.717) is 5.69 Å². The number of benzene rings is 3. The number of carbonyl (C=O) groups is 2. The zero-order valence-corrected chi connectivity index (χ0v) is 18.9. The van der Waals surface area contributed by atoms with E-state index in [9.17, 15) is 22.4 Å². The minimum atomic E-state index is -4.03. The maximum Gasteiger partial charge on any atom is 0.338 e. The van der Waals surface area contributed by atoms with Crippen molar-refractivity contribution in [3.05, 3.63) is 89.2 Å². The van der Waals surface area contributed by atoms with Crippen molar-refractivity contribution < 1.29 is 27.1 Å². The second-order valence-corrected chi connectivity index (χ2v) is 8.91. The van der Waals surface area contributed by atoms with Gasteiger partial charge in [0.25, 0.3) is 15.9 Å². The number of nitrogens with one attached hydrogen (secondary N) is 2. The SMILES string of the molecule is CCc1cccc(C)c1NC(=O)COC(=O)c1cccc(S(=O)(=O)Nc2ccc(F)cc2)c1. The Labute approximate surface area is 191 Å². The van der Waals surface area contributed by atoms with Crippen molar-refractivity contribution in [3.63, 3.8) is 0 Å². The Morgan fingerprint density at radius 3 is 2.39 bits per heavy atom. The van der Waals surface area contributed by atoms with Gasteiger partial charge in [-0.25, -0.2) is 17.6 Å². The normalized spacial score (nSPS) is 11.0. The van der Waals surface area contributed by atoms with Crippen LogP contribution in [0.15, 0.2) is 71.6 Å². The molecule has 0 aromatic heterocycles. The summed E-state index contributed by atoms with van der Waals surface area (Å²) in [6, 6.07) is 15.7. The summed E-state index contributed by atoms with van der Waals surface area (Å²) in [6.07, 6.45) is 0.726. The number of amides is 1. The first-order valence-electron chi connectivity index (χ1n) is 10.1. The minimum absolute atomic E-state index is 0.0325. The minimum Gasteiger partial charge on any atom is -0.452 e. The van der Waals surface area contributed by atoms with E-state index in [1.165, 1.54) is 30.3 Å². The van der Waals surface area contributed by atoms with Crippen molar-refractivity contribution in [2.45, 2.75) is 25.2 Å². The number of esters is 1. The fourth-order valence-electron chi connectivity index (χ4n) is 3.11. The molecule has 0 bridgehead atoms. The Balaban J connectivity index is 1.66. The lowest BCUT2D eigenvalue weighted by molar-refractivity contribution is -0.119. The first-order valence-corrected chi connectivity index (χ1v) is 11.6. The lowest BCUT2D eigenvalue weighted by atomic mass is 10.1. The number of hydrogen-bond acceptors (Lipinski definition) is 5. The van der Waals surface area contributed by atoms with Crippen LogP contribution in [0.4, 0.5) is 15.8 Å². The third-order valence-electron chi connectivity index (χ3n) is 4.82. The first kappa shape index (κ1) is 23.9. The predicted octanol–water partition coefficient (Wildman–Crippen LogP) is 4.29. The van der Waals surface area contributed by atoms with Gasteiger partial charge in [0.15, 0.2) is 6.61 Å². The van der Waals surface area contributed by atoms with E-state index in [-0.39, 0.29) is 16.1 Å². The van der Waals surface area contributed by atoms with Gasteiger partial charge in [-0.3, -0.25) is 9.52 Å². The smallest absolute Gasteiger partial charge is 0.338 e. The molecule has 3 rings (SSSR count). The molecule has 3 aromatic carbocycles. The number of carbonyl (C=O) groups excluding carboxylic acids is 2. The van der Waals surface area contributed by atoms with Crippen molar-refractivity contribution in [2.75, 3.05) is 16.6 Å². The maximum atomic E-state index is 13.0. The fourth-order valence-corrected chi connectivity index (χ4v) is 4.22. The predicted molar refractivity (Wildman–Crippen MR) is 123 cm³/mol. The second kappa shape index (κ2) is 10.3. The van der Waals surface area contributed by atoms with Gasteiger partial charge in [0.2, 0.25) is 0 Å². The molecule has 0 aliphatic carbocycles. The molecule has 0 fully saturated rings. The second-order valence-electron chi connectivity index (χ2n) is 7.23. The van der Waals surface area contributed by atoms with Crippen LogP contribution in [0, 0.1) is 12.7 Å². The van der Waals surface area contributed by atoms with Gasteiger partial charge in [0.05, 0.1) is 10.5 Å². The van der Waals surface area contributed by atoms with Gasteiger partial charge in [-0.05, 0) is 66.9 Å². The third kappa shape index (κ3) is 6.17. The van der Waals surface area contributed by atoms with E-state index in [4.69, 9.17) is 4.74 Å². The Hall–Kier alpha value is -3.72. The average molecular weight is 471 g/mol. The summed E-state index contributed by atoms with van der Waals surface area (Å²) in [5.41, 5.74) is 2.67. The molecule has 0 aliphatic heterocycles. The molecule has 2 N–H and O–H groups in total. The molecule has 0 saturated heterocycles. The molecule has 9 heteroatoms. The lowest BCUT2D eigenvalue weighted by Gasteiger charge is -2.13. The highest BCUT2D eigenvalue weighted by Gasteiger charge is 2.18. The molecule has 7 nitrogen and oxygen atoms in total. The Bertz CT molecular complexity index is 1270. The molecule has 0 atom stereocenters. The highest BCUT2D eigenvalue weighted by atomic mass is 32.2. The summed E-state index contributed by atoms with van der Waals surface area (Å²) >= 11 is 0. The molecule has 172 valence electrons. The van der Waals surface area contributed by atoms with Gasteiger partial charge in [-0.1, -0.05) is 31.2 Å². The van der Waals surface area contributed by atoms with Gasteiger partial charge < -0.3 is 10.1 Å². The standard InChI is InChI=1S/C24H23FN2O5S/c1-3-17-7-4-6-16(2)23(17)26-22(28)15-32-24(29)18-8-5-9-21(14-18)33(30,31)27-20-12-10-19(25)11-13-20/h4-14,27H,3,15H2,1-2H3,(H,26,28). The summed E-state index contributed by atoms with van der Waals surface area (Å²) in [4.78, 5) is 24.5. The topological polar surface area (TPSA) is 102 Å². The summed E-state index contributed by atoms with van der Waals surface area (Å²) in [7, 11) is -4.03. The van der Waals surface area contributed by atoms with Crippen molar-refractivity contribution >= 4 is 33.3 Å². The molecule has 1 amide bonds. The molecule has 0 spiro atoms. The Morgan fingerprint density at radius 2 is 1.70 bits per heavy atom. The Kier molecular flexibility index (Phi) is 7.44. The van der Waals surface area contributed by atoms with Crippen LogP contribution in [0.5, 0.6) is 0 Å². The van der Waals surface area contributed by atoms with E-state index in [1.54, 1.807) is 0 Å². The molecule has 33 heavy (non-hydrogen) atoms. The van der Waals surface area contributed by atoms with Crippen LogP contribution in [0.25, 0.3) is 0 Å². The van der Waals surface area contributed by atoms with Crippen molar-refractivity contribution in [2.24, 2.45) is 0 Å². The number of sulfonamides is 1. The molecule has 0 heterocycles. The lowest BCUT2D eigenvalue weighted by Crippen LogP contribution is -2.22. The number of anilines is 2. The number of halogens is 1. The molecule has 0 saturated carbocycles. The van der Waals surface area contributed by atoms with Gasteiger partial charge in [-0.15, -0.1) is 0 Å². The van der Waals surface area contributed by atoms with Crippen LogP contribution in [0.2, 0.25) is 0 Å². The third-order valence-corrected chi connectivity index (χ3v) is 6.19. The van der Waals surface area contributed by atoms with Crippen LogP contribution in [-0.2, 0) is 26.0 Å². The average Bonchev–Trinajstić information content (AvgIpc) is 2.80. The number of hydrogen-bond donors (Lipinski definition) is 2. The van der Waals surface area contributed by atoms with E-state index in [2.05, 4.69) is 10.0 Å². The van der Waals surface area contributed by atoms with Crippen molar-refractivity contribution in [3.8, 4) is 0 Å². The van der Waals surface area contributed by atoms with Gasteiger partial charge in [0.1, 0.15) is 5.82 Å². The van der Waals surface area contributed by atoms with E-state index in [1.807, 2.05) is 32.0 Å². The van der Waals surface area contributed by atoms with Gasteiger partial charge >= 0.3 is 5.97 Å². The quantitative estimate of drug-likeness (QED) is 0.478. The highest BCUT2D eigenvalue weighted by molar-refractivity contribution is 7.92. The van der Waals surface area contributed by atoms with E-state index >= 15 is 0 Å². The monoisotopic (exact) mass is 470 g/mol. The molecular formula is C24H23FN2O5S. The van der Waals surface area contributed by atoms with Crippen molar-refractivity contribution in [1.82, 2.24) is 0 Å². The number of aryl methyl sites for hydroxylation is 2. The van der Waals surface area contributed by atoms with Crippen LogP contribution in [0.1, 0.15) is 28.4 Å². The van der Waals surface area contributed by atoms with Crippen LogP contribution in [-0.4, -0.2) is 26.9 Å². The van der Waals surface area contributed by atoms with Crippen LogP contribution < -0.4 is 10.0 Å². The molecule has 0 aliphatic rings. The van der Waals surface area contributed by atoms with Crippen LogP contribution >= 0.6 is 0 Å². The maximum absolute atomic E-state index is 13.0. The largest absolute Gasteiger partial charge is 0.452 e. The summed E-state index contributed by atoms with van der Waals surface area (Å²) < 4.78 is 45.6. The first-order chi connectivity index (χ1) is 15.7.